The van der Waals surface area contributed by atoms with Gasteiger partial charge < -0.3 is 24.2 Å². The lowest BCUT2D eigenvalue weighted by molar-refractivity contribution is -0.135. The fraction of sp³-hybridized carbons (Fsp3) is 0.536. The lowest BCUT2D eigenvalue weighted by Crippen LogP contribution is -2.32. The zero-order chi connectivity index (χ0) is 27.1. The Hall–Kier alpha value is -2.46. The molecule has 9 heteroatoms. The lowest BCUT2D eigenvalue weighted by Gasteiger charge is -2.22. The molecule has 204 valence electrons. The van der Waals surface area contributed by atoms with Crippen LogP contribution in [-0.2, 0) is 27.1 Å². The average molecular weight is 531 g/mol. The van der Waals surface area contributed by atoms with E-state index in [-0.39, 0.29) is 12.5 Å². The van der Waals surface area contributed by atoms with Crippen LogP contribution in [0.3, 0.4) is 0 Å². The maximum atomic E-state index is 13.0. The third-order valence-corrected chi connectivity index (χ3v) is 8.69. The van der Waals surface area contributed by atoms with Gasteiger partial charge in [-0.1, -0.05) is 12.1 Å². The van der Waals surface area contributed by atoms with Gasteiger partial charge >= 0.3 is 0 Å². The topological polar surface area (TPSA) is 65.6 Å². The molecule has 1 heterocycles. The molecule has 3 rings (SSSR count). The van der Waals surface area contributed by atoms with E-state index in [4.69, 9.17) is 9.47 Å². The number of carbonyl (C=O) groups is 1. The number of carbonyl (C=O) groups excluding carboxylic acids is 1. The summed E-state index contributed by atoms with van der Waals surface area (Å²) in [6.07, 6.45) is 1.18. The molecular formula is C28H42N4O4S. The van der Waals surface area contributed by atoms with Gasteiger partial charge in [-0.05, 0) is 75.3 Å². The molecule has 2 aromatic carbocycles. The summed E-state index contributed by atoms with van der Waals surface area (Å²) in [6.45, 7) is 7.27. The molecule has 37 heavy (non-hydrogen) atoms. The fourth-order valence-corrected chi connectivity index (χ4v) is 5.80. The maximum absolute atomic E-state index is 13.0. The number of benzene rings is 2. The van der Waals surface area contributed by atoms with Crippen LogP contribution in [0.4, 0.5) is 5.69 Å². The van der Waals surface area contributed by atoms with Gasteiger partial charge in [-0.2, -0.15) is 0 Å². The van der Waals surface area contributed by atoms with Crippen molar-refractivity contribution in [1.82, 2.24) is 14.1 Å². The number of ether oxygens (including phenoxy) is 2. The third kappa shape index (κ3) is 7.77. The highest BCUT2D eigenvalue weighted by atomic mass is 32.2. The second-order valence-corrected chi connectivity index (χ2v) is 11.5. The third-order valence-electron chi connectivity index (χ3n) is 6.94. The largest absolute Gasteiger partial charge is 0.497 e. The molecule has 2 unspecified atom stereocenters. The highest BCUT2D eigenvalue weighted by Crippen LogP contribution is 2.26. The average Bonchev–Trinajstić information content (AvgIpc) is 3.37. The van der Waals surface area contributed by atoms with Crippen LogP contribution in [0.1, 0.15) is 23.1 Å². The minimum absolute atomic E-state index is 0.00461. The first kappa shape index (κ1) is 29.1. The van der Waals surface area contributed by atoms with Crippen LogP contribution >= 0.6 is 0 Å². The first-order valence-electron chi connectivity index (χ1n) is 12.7. The van der Waals surface area contributed by atoms with Gasteiger partial charge in [0.2, 0.25) is 5.91 Å². The minimum atomic E-state index is -1.32. The van der Waals surface area contributed by atoms with Crippen molar-refractivity contribution in [1.29, 1.82) is 0 Å². The summed E-state index contributed by atoms with van der Waals surface area (Å²) in [4.78, 5) is 19.7. The van der Waals surface area contributed by atoms with Gasteiger partial charge in [0.25, 0.3) is 0 Å². The van der Waals surface area contributed by atoms with Crippen molar-refractivity contribution < 1.29 is 18.5 Å². The molecule has 2 aromatic rings. The van der Waals surface area contributed by atoms with Crippen molar-refractivity contribution in [2.45, 2.75) is 37.8 Å². The first-order chi connectivity index (χ1) is 17.6. The molecular weight excluding hydrogens is 488 g/mol. The van der Waals surface area contributed by atoms with Crippen LogP contribution in [0.25, 0.3) is 0 Å². The van der Waals surface area contributed by atoms with Crippen LogP contribution in [-0.4, -0.2) is 98.4 Å². The number of nitrogens with zero attached hydrogens (tertiary/aromatic N) is 4. The standard InChI is InChI=1S/C28H42N4O4S/c1-21-16-26(35-7)17-22(2)28(21)37(34)31(6)14-15-36-20-27(33)30(5)18-23-8-10-24(11-9-23)32-13-12-25(19-32)29(3)4/h8-11,16-17,25H,12-15,18-20H2,1-7H3. The molecule has 1 amide bonds. The van der Waals surface area contributed by atoms with Crippen LogP contribution in [0, 0.1) is 13.8 Å². The molecule has 0 spiro atoms. The van der Waals surface area contributed by atoms with Crippen LogP contribution < -0.4 is 9.64 Å². The summed E-state index contributed by atoms with van der Waals surface area (Å²) in [5.74, 6) is 0.674. The van der Waals surface area contributed by atoms with E-state index in [1.807, 2.05) is 26.0 Å². The number of hydrogen-bond acceptors (Lipinski definition) is 6. The van der Waals surface area contributed by atoms with Gasteiger partial charge in [-0.3, -0.25) is 4.79 Å². The second-order valence-electron chi connectivity index (χ2n) is 10.0. The summed E-state index contributed by atoms with van der Waals surface area (Å²) in [7, 11) is 8.16. The number of likely N-dealkylation sites (N-methyl/N-ethyl adjacent to an activating group) is 3. The van der Waals surface area contributed by atoms with Gasteiger partial charge in [-0.25, -0.2) is 8.51 Å². The molecule has 0 saturated carbocycles. The lowest BCUT2D eigenvalue weighted by atomic mass is 10.1. The van der Waals surface area contributed by atoms with Gasteiger partial charge in [0.05, 0.1) is 18.6 Å². The number of hydrogen-bond donors (Lipinski definition) is 0. The summed E-state index contributed by atoms with van der Waals surface area (Å²) in [5, 5.41) is 0. The Balaban J connectivity index is 1.41. The predicted molar refractivity (Wildman–Crippen MR) is 150 cm³/mol. The van der Waals surface area contributed by atoms with E-state index in [0.29, 0.717) is 25.7 Å². The highest BCUT2D eigenvalue weighted by molar-refractivity contribution is 7.82. The van der Waals surface area contributed by atoms with E-state index in [2.05, 4.69) is 48.2 Å². The van der Waals surface area contributed by atoms with Crippen molar-refractivity contribution in [2.24, 2.45) is 0 Å². The first-order valence-corrected chi connectivity index (χ1v) is 13.8. The van der Waals surface area contributed by atoms with Gasteiger partial charge in [-0.15, -0.1) is 0 Å². The monoisotopic (exact) mass is 530 g/mol. The Labute approximate surface area is 224 Å². The van der Waals surface area contributed by atoms with E-state index in [1.54, 1.807) is 30.4 Å². The zero-order valence-electron chi connectivity index (χ0n) is 23.3. The molecule has 0 aliphatic carbocycles. The Kier molecular flexibility index (Phi) is 10.5. The van der Waals surface area contributed by atoms with Crippen LogP contribution in [0.2, 0.25) is 0 Å². The molecule has 0 N–H and O–H groups in total. The van der Waals surface area contributed by atoms with E-state index in [0.717, 1.165) is 40.4 Å². The minimum Gasteiger partial charge on any atom is -0.497 e. The van der Waals surface area contributed by atoms with Crippen LogP contribution in [0.5, 0.6) is 5.75 Å². The number of anilines is 1. The van der Waals surface area contributed by atoms with E-state index >= 15 is 0 Å². The van der Waals surface area contributed by atoms with Crippen molar-refractivity contribution in [3.63, 3.8) is 0 Å². The van der Waals surface area contributed by atoms with Crippen LogP contribution in [0.15, 0.2) is 41.3 Å². The molecule has 1 aliphatic rings. The Morgan fingerprint density at radius 2 is 1.73 bits per heavy atom. The summed E-state index contributed by atoms with van der Waals surface area (Å²) >= 11 is 0. The predicted octanol–water partition coefficient (Wildman–Crippen LogP) is 3.08. The number of methoxy groups -OCH3 is 1. The van der Waals surface area contributed by atoms with Gasteiger partial charge in [0.15, 0.2) is 0 Å². The van der Waals surface area contributed by atoms with E-state index in [1.165, 1.54) is 12.1 Å². The summed E-state index contributed by atoms with van der Waals surface area (Å²) in [5.41, 5.74) is 4.16. The summed E-state index contributed by atoms with van der Waals surface area (Å²) in [6, 6.07) is 12.8. The van der Waals surface area contributed by atoms with E-state index in [9.17, 15) is 9.00 Å². The van der Waals surface area contributed by atoms with Crippen molar-refractivity contribution in [3.05, 3.63) is 53.1 Å². The molecule has 0 aromatic heterocycles. The van der Waals surface area contributed by atoms with Crippen molar-refractivity contribution in [2.75, 3.05) is 73.0 Å². The fourth-order valence-electron chi connectivity index (χ4n) is 4.58. The quantitative estimate of drug-likeness (QED) is 0.393. The normalized spacial score (nSPS) is 16.5. The summed E-state index contributed by atoms with van der Waals surface area (Å²) < 4.78 is 25.7. The van der Waals surface area contributed by atoms with E-state index < -0.39 is 11.0 Å². The Bertz CT molecular complexity index is 1050. The zero-order valence-corrected chi connectivity index (χ0v) is 24.1. The maximum Gasteiger partial charge on any atom is 0.248 e. The number of rotatable bonds is 12. The molecule has 2 atom stereocenters. The molecule has 8 nitrogen and oxygen atoms in total. The number of amides is 1. The smallest absolute Gasteiger partial charge is 0.248 e. The Morgan fingerprint density at radius 3 is 2.30 bits per heavy atom. The molecule has 1 saturated heterocycles. The Morgan fingerprint density at radius 1 is 1.08 bits per heavy atom. The SMILES string of the molecule is COc1cc(C)c(S(=O)N(C)CCOCC(=O)N(C)Cc2ccc(N3CCC(N(C)C)C3)cc2)c(C)c1. The van der Waals surface area contributed by atoms with Crippen molar-refractivity contribution in [3.8, 4) is 5.75 Å². The number of aryl methyl sites for hydroxylation is 2. The van der Waals surface area contributed by atoms with Crippen molar-refractivity contribution >= 4 is 22.6 Å². The second kappa shape index (κ2) is 13.4. The molecule has 0 radical (unpaired) electrons. The highest BCUT2D eigenvalue weighted by Gasteiger charge is 2.24. The van der Waals surface area contributed by atoms with Gasteiger partial charge in [0.1, 0.15) is 23.3 Å². The molecule has 0 bridgehead atoms. The van der Waals surface area contributed by atoms with Gasteiger partial charge in [0, 0.05) is 52.0 Å². The molecule has 1 fully saturated rings. The molecule has 1 aliphatic heterocycles.